The van der Waals surface area contributed by atoms with Crippen LogP contribution in [0.25, 0.3) is 0 Å². The molecule has 1 unspecified atom stereocenters. The maximum atomic E-state index is 9.74. The first-order chi connectivity index (χ1) is 4.93. The van der Waals surface area contributed by atoms with Crippen molar-refractivity contribution in [2.75, 3.05) is 12.3 Å². The van der Waals surface area contributed by atoms with E-state index in [1.165, 1.54) is 18.6 Å². The van der Waals surface area contributed by atoms with Crippen molar-refractivity contribution < 1.29 is 4.79 Å². The fraction of sp³-hybridized carbons (Fsp3) is 0.833. The predicted molar refractivity (Wildman–Crippen MR) is 46.1 cm³/mol. The molecule has 0 aromatic heterocycles. The van der Waals surface area contributed by atoms with E-state index in [1.54, 1.807) is 6.08 Å². The van der Waals surface area contributed by atoms with Crippen molar-refractivity contribution in [1.82, 2.24) is 0 Å². The second-order valence-electron chi connectivity index (χ2n) is 2.11. The van der Waals surface area contributed by atoms with Gasteiger partial charge in [-0.15, -0.1) is 0 Å². The van der Waals surface area contributed by atoms with E-state index in [4.69, 9.17) is 0 Å². The van der Waals surface area contributed by atoms with Crippen LogP contribution in [-0.2, 0) is 4.79 Å². The van der Waals surface area contributed by atoms with E-state index in [0.717, 1.165) is 0 Å². The lowest BCUT2D eigenvalue weighted by molar-refractivity contribution is 0.562. The molecule has 1 aliphatic heterocycles. The number of rotatable bonds is 2. The Bertz CT molecular complexity index is 139. The van der Waals surface area contributed by atoms with Gasteiger partial charge in [0.1, 0.15) is 0 Å². The molecule has 1 fully saturated rings. The summed E-state index contributed by atoms with van der Waals surface area (Å²) in [6.45, 7) is 0.654. The number of carbonyl (C=O) groups excluding carboxylic acids is 1. The van der Waals surface area contributed by atoms with E-state index in [-0.39, 0.29) is 0 Å². The molecule has 1 rings (SSSR count). The lowest BCUT2D eigenvalue weighted by atomic mass is 10.2. The maximum absolute atomic E-state index is 9.74. The summed E-state index contributed by atoms with van der Waals surface area (Å²) in [6.07, 6.45) is 4.03. The zero-order chi connectivity index (χ0) is 7.23. The van der Waals surface area contributed by atoms with Gasteiger partial charge in [0.15, 0.2) is 0 Å². The highest BCUT2D eigenvalue weighted by Crippen LogP contribution is 2.35. The lowest BCUT2D eigenvalue weighted by Crippen LogP contribution is -2.09. The summed E-state index contributed by atoms with van der Waals surface area (Å²) in [5, 5.41) is 0.556. The molecule has 2 nitrogen and oxygen atoms in total. The molecule has 0 aromatic rings. The molecule has 4 heteroatoms. The summed E-state index contributed by atoms with van der Waals surface area (Å²) in [7, 11) is 3.73. The fourth-order valence-corrected chi connectivity index (χ4v) is 3.49. The van der Waals surface area contributed by atoms with Gasteiger partial charge in [0.2, 0.25) is 6.08 Å². The van der Waals surface area contributed by atoms with Crippen molar-refractivity contribution in [3.05, 3.63) is 0 Å². The summed E-state index contributed by atoms with van der Waals surface area (Å²) in [5.41, 5.74) is 0. The van der Waals surface area contributed by atoms with E-state index in [2.05, 4.69) is 4.99 Å². The fourth-order valence-electron chi connectivity index (χ4n) is 0.823. The Labute approximate surface area is 68.3 Å². The minimum atomic E-state index is 0.556. The smallest absolute Gasteiger partial charge is 0.211 e. The molecule has 0 radical (unpaired) electrons. The Hall–Kier alpha value is 0.0800. The van der Waals surface area contributed by atoms with Crippen molar-refractivity contribution in [2.45, 2.75) is 18.1 Å². The molecule has 1 saturated heterocycles. The summed E-state index contributed by atoms with van der Waals surface area (Å²) >= 11 is 0. The normalized spacial score (nSPS) is 25.4. The Morgan fingerprint density at radius 1 is 1.70 bits per heavy atom. The molecule has 56 valence electrons. The van der Waals surface area contributed by atoms with Gasteiger partial charge in [0.05, 0.1) is 6.54 Å². The number of hydrogen-bond donors (Lipinski definition) is 0. The zero-order valence-electron chi connectivity index (χ0n) is 5.58. The van der Waals surface area contributed by atoms with Crippen molar-refractivity contribution in [3.8, 4) is 0 Å². The standard InChI is InChI=1S/C6H9NOS2/c8-5-7-4-6-2-1-3-9-10-6/h6H,1-4H2. The molecule has 0 aliphatic carbocycles. The van der Waals surface area contributed by atoms with Crippen LogP contribution in [0.2, 0.25) is 0 Å². The zero-order valence-corrected chi connectivity index (χ0v) is 7.21. The summed E-state index contributed by atoms with van der Waals surface area (Å²) in [5.74, 6) is 1.24. The van der Waals surface area contributed by atoms with Gasteiger partial charge < -0.3 is 0 Å². The third-order valence-electron chi connectivity index (χ3n) is 1.32. The molecule has 10 heavy (non-hydrogen) atoms. The Balaban J connectivity index is 2.19. The number of aliphatic imine (C=N–C) groups is 1. The summed E-state index contributed by atoms with van der Waals surface area (Å²) in [4.78, 5) is 13.3. The molecule has 1 aliphatic rings. The Morgan fingerprint density at radius 2 is 2.60 bits per heavy atom. The first-order valence-electron chi connectivity index (χ1n) is 3.25. The number of nitrogens with zero attached hydrogens (tertiary/aromatic N) is 1. The van der Waals surface area contributed by atoms with Crippen LogP contribution >= 0.6 is 21.6 Å². The molecule has 0 N–H and O–H groups in total. The number of hydrogen-bond acceptors (Lipinski definition) is 4. The van der Waals surface area contributed by atoms with Crippen molar-refractivity contribution >= 4 is 27.7 Å². The van der Waals surface area contributed by atoms with E-state index < -0.39 is 0 Å². The quantitative estimate of drug-likeness (QED) is 0.364. The van der Waals surface area contributed by atoms with Crippen LogP contribution < -0.4 is 0 Å². The molecule has 0 saturated carbocycles. The molecule has 1 atom stereocenters. The molecule has 0 amide bonds. The monoisotopic (exact) mass is 175 g/mol. The topological polar surface area (TPSA) is 29.4 Å². The van der Waals surface area contributed by atoms with E-state index in [1.807, 2.05) is 21.6 Å². The SMILES string of the molecule is O=C=NCC1CCCSS1. The largest absolute Gasteiger partial charge is 0.234 e. The Morgan fingerprint density at radius 3 is 3.20 bits per heavy atom. The lowest BCUT2D eigenvalue weighted by Gasteiger charge is -2.17. The highest BCUT2D eigenvalue weighted by atomic mass is 33.1. The highest BCUT2D eigenvalue weighted by molar-refractivity contribution is 8.77. The average molecular weight is 175 g/mol. The first-order valence-corrected chi connectivity index (χ1v) is 5.63. The summed E-state index contributed by atoms with van der Waals surface area (Å²) < 4.78 is 0. The van der Waals surface area contributed by atoms with Crippen LogP contribution in [0.1, 0.15) is 12.8 Å². The van der Waals surface area contributed by atoms with Gasteiger partial charge in [-0.25, -0.2) is 9.79 Å². The predicted octanol–water partition coefficient (Wildman–Crippen LogP) is 1.87. The minimum absolute atomic E-state index is 0.556. The van der Waals surface area contributed by atoms with Gasteiger partial charge in [-0.3, -0.25) is 0 Å². The van der Waals surface area contributed by atoms with E-state index in [0.29, 0.717) is 11.8 Å². The van der Waals surface area contributed by atoms with Crippen LogP contribution in [0, 0.1) is 0 Å². The molecule has 0 spiro atoms. The van der Waals surface area contributed by atoms with Gasteiger partial charge in [0, 0.05) is 11.0 Å². The molecule has 0 bridgehead atoms. The molecule has 0 aromatic carbocycles. The third-order valence-corrected chi connectivity index (χ3v) is 4.29. The second kappa shape index (κ2) is 4.83. The van der Waals surface area contributed by atoms with Crippen LogP contribution in [0.5, 0.6) is 0 Å². The van der Waals surface area contributed by atoms with Crippen molar-refractivity contribution in [3.63, 3.8) is 0 Å². The minimum Gasteiger partial charge on any atom is -0.211 e. The van der Waals surface area contributed by atoms with Gasteiger partial charge in [-0.1, -0.05) is 21.6 Å². The van der Waals surface area contributed by atoms with E-state index in [9.17, 15) is 4.79 Å². The van der Waals surface area contributed by atoms with Crippen LogP contribution in [0.4, 0.5) is 0 Å². The van der Waals surface area contributed by atoms with Crippen LogP contribution in [0.3, 0.4) is 0 Å². The van der Waals surface area contributed by atoms with Crippen LogP contribution in [0.15, 0.2) is 4.99 Å². The molecular formula is C6H9NOS2. The van der Waals surface area contributed by atoms with Gasteiger partial charge in [-0.05, 0) is 12.8 Å². The Kier molecular flexibility index (Phi) is 3.95. The van der Waals surface area contributed by atoms with Gasteiger partial charge in [0.25, 0.3) is 0 Å². The first kappa shape index (κ1) is 8.18. The maximum Gasteiger partial charge on any atom is 0.234 e. The molecule has 1 heterocycles. The van der Waals surface area contributed by atoms with E-state index >= 15 is 0 Å². The van der Waals surface area contributed by atoms with Gasteiger partial charge in [-0.2, -0.15) is 0 Å². The van der Waals surface area contributed by atoms with Crippen LogP contribution in [-0.4, -0.2) is 23.6 Å². The average Bonchev–Trinajstić information content (AvgIpc) is 2.03. The highest BCUT2D eigenvalue weighted by Gasteiger charge is 2.13. The molecular weight excluding hydrogens is 166 g/mol. The van der Waals surface area contributed by atoms with Gasteiger partial charge >= 0.3 is 0 Å². The number of isocyanates is 1. The third kappa shape index (κ3) is 2.78. The van der Waals surface area contributed by atoms with Crippen molar-refractivity contribution in [2.24, 2.45) is 4.99 Å². The summed E-state index contributed by atoms with van der Waals surface area (Å²) in [6, 6.07) is 0. The van der Waals surface area contributed by atoms with Crippen molar-refractivity contribution in [1.29, 1.82) is 0 Å². The second-order valence-corrected chi connectivity index (χ2v) is 4.90.